The van der Waals surface area contributed by atoms with Crippen LogP contribution in [0.2, 0.25) is 0 Å². The van der Waals surface area contributed by atoms with Crippen molar-refractivity contribution in [3.8, 4) is 5.88 Å². The molecule has 2 rings (SSSR count). The third-order valence-corrected chi connectivity index (χ3v) is 2.41. The summed E-state index contributed by atoms with van der Waals surface area (Å²) < 4.78 is 6.90. The lowest BCUT2D eigenvalue weighted by molar-refractivity contribution is 0.0992. The number of primary amides is 1. The molecule has 0 bridgehead atoms. The molecule has 0 atom stereocenters. The molecule has 0 saturated carbocycles. The highest BCUT2D eigenvalue weighted by molar-refractivity contribution is 5.93. The highest BCUT2D eigenvalue weighted by atomic mass is 16.5. The van der Waals surface area contributed by atoms with Crippen molar-refractivity contribution >= 4 is 5.91 Å². The number of amides is 1. The summed E-state index contributed by atoms with van der Waals surface area (Å²) in [5.74, 6) is -0.199. The van der Waals surface area contributed by atoms with Gasteiger partial charge in [0.15, 0.2) is 5.69 Å². The molecule has 0 unspecified atom stereocenters. The van der Waals surface area contributed by atoms with Crippen molar-refractivity contribution in [1.82, 2.24) is 9.55 Å². The summed E-state index contributed by atoms with van der Waals surface area (Å²) in [4.78, 5) is 15.1. The maximum atomic E-state index is 11.1. The topological polar surface area (TPSA) is 70.1 Å². The number of benzene rings is 1. The lowest BCUT2D eigenvalue weighted by Crippen LogP contribution is -2.13. The quantitative estimate of drug-likeness (QED) is 0.854. The van der Waals surface area contributed by atoms with E-state index in [1.807, 2.05) is 30.3 Å². The zero-order chi connectivity index (χ0) is 12.3. The second-order valence-electron chi connectivity index (χ2n) is 3.58. The lowest BCUT2D eigenvalue weighted by atomic mass is 10.2. The van der Waals surface area contributed by atoms with Gasteiger partial charge in [0.25, 0.3) is 5.91 Å². The third-order valence-electron chi connectivity index (χ3n) is 2.41. The van der Waals surface area contributed by atoms with E-state index in [9.17, 15) is 4.79 Å². The molecular weight excluding hydrogens is 218 g/mol. The van der Waals surface area contributed by atoms with Crippen molar-refractivity contribution in [2.45, 2.75) is 6.54 Å². The largest absolute Gasteiger partial charge is 0.480 e. The molecule has 1 aromatic heterocycles. The average molecular weight is 231 g/mol. The Morgan fingerprint density at radius 2 is 2.12 bits per heavy atom. The van der Waals surface area contributed by atoms with E-state index < -0.39 is 5.91 Å². The molecule has 88 valence electrons. The molecule has 0 radical (unpaired) electrons. The zero-order valence-corrected chi connectivity index (χ0v) is 9.46. The Kier molecular flexibility index (Phi) is 3.09. The lowest BCUT2D eigenvalue weighted by Gasteiger charge is -2.07. The molecule has 0 saturated heterocycles. The van der Waals surface area contributed by atoms with Gasteiger partial charge in [0.1, 0.15) is 0 Å². The van der Waals surface area contributed by atoms with E-state index in [0.717, 1.165) is 5.56 Å². The summed E-state index contributed by atoms with van der Waals surface area (Å²) in [6.07, 6.45) is 1.55. The summed E-state index contributed by atoms with van der Waals surface area (Å²) >= 11 is 0. The van der Waals surface area contributed by atoms with E-state index in [-0.39, 0.29) is 5.69 Å². The second-order valence-corrected chi connectivity index (χ2v) is 3.58. The number of carbonyl (C=O) groups is 1. The first-order valence-corrected chi connectivity index (χ1v) is 5.15. The molecule has 0 fully saturated rings. The van der Waals surface area contributed by atoms with Crippen LogP contribution in [-0.2, 0) is 6.54 Å². The van der Waals surface area contributed by atoms with E-state index >= 15 is 0 Å². The summed E-state index contributed by atoms with van der Waals surface area (Å²) in [7, 11) is 1.49. The van der Waals surface area contributed by atoms with Crippen LogP contribution in [0.5, 0.6) is 5.88 Å². The molecule has 5 nitrogen and oxygen atoms in total. The molecule has 5 heteroatoms. The maximum Gasteiger partial charge on any atom is 0.272 e. The highest BCUT2D eigenvalue weighted by Crippen LogP contribution is 2.18. The smallest absolute Gasteiger partial charge is 0.272 e. The molecule has 0 aliphatic rings. The monoisotopic (exact) mass is 231 g/mol. The number of carbonyl (C=O) groups excluding carboxylic acids is 1. The van der Waals surface area contributed by atoms with Gasteiger partial charge in [0, 0.05) is 0 Å². The van der Waals surface area contributed by atoms with E-state index in [0.29, 0.717) is 12.4 Å². The standard InChI is InChI=1S/C12H13N3O2/c1-17-12-10(11(13)16)14-8-15(12)7-9-5-3-2-4-6-9/h2-6,8H,7H2,1H3,(H2,13,16). The zero-order valence-electron chi connectivity index (χ0n) is 9.46. The van der Waals surface area contributed by atoms with E-state index in [1.54, 1.807) is 10.9 Å². The van der Waals surface area contributed by atoms with E-state index in [1.165, 1.54) is 7.11 Å². The van der Waals surface area contributed by atoms with Gasteiger partial charge < -0.3 is 10.5 Å². The first-order chi connectivity index (χ1) is 8.22. The number of imidazole rings is 1. The number of hydrogen-bond acceptors (Lipinski definition) is 3. The normalized spacial score (nSPS) is 10.2. The van der Waals surface area contributed by atoms with Gasteiger partial charge in [-0.15, -0.1) is 0 Å². The Hall–Kier alpha value is -2.30. The van der Waals surface area contributed by atoms with E-state index in [4.69, 9.17) is 10.5 Å². The van der Waals surface area contributed by atoms with Crippen LogP contribution in [0, 0.1) is 0 Å². The Balaban J connectivity index is 2.31. The van der Waals surface area contributed by atoms with Crippen LogP contribution >= 0.6 is 0 Å². The van der Waals surface area contributed by atoms with Crippen LogP contribution in [0.15, 0.2) is 36.7 Å². The van der Waals surface area contributed by atoms with Crippen molar-refractivity contribution in [2.75, 3.05) is 7.11 Å². The molecule has 1 amide bonds. The van der Waals surface area contributed by atoms with Crippen LogP contribution in [0.25, 0.3) is 0 Å². The van der Waals surface area contributed by atoms with Crippen molar-refractivity contribution < 1.29 is 9.53 Å². The van der Waals surface area contributed by atoms with Gasteiger partial charge in [-0.05, 0) is 5.56 Å². The van der Waals surface area contributed by atoms with Crippen molar-refractivity contribution in [2.24, 2.45) is 5.73 Å². The molecule has 0 aliphatic heterocycles. The van der Waals surface area contributed by atoms with Gasteiger partial charge >= 0.3 is 0 Å². The number of ether oxygens (including phenoxy) is 1. The van der Waals surface area contributed by atoms with Crippen LogP contribution < -0.4 is 10.5 Å². The molecule has 1 heterocycles. The van der Waals surface area contributed by atoms with Crippen molar-refractivity contribution in [3.63, 3.8) is 0 Å². The maximum absolute atomic E-state index is 11.1. The number of methoxy groups -OCH3 is 1. The first-order valence-electron chi connectivity index (χ1n) is 5.15. The van der Waals surface area contributed by atoms with Crippen LogP contribution in [0.3, 0.4) is 0 Å². The summed E-state index contributed by atoms with van der Waals surface area (Å²) in [6, 6.07) is 9.83. The Morgan fingerprint density at radius 3 is 2.71 bits per heavy atom. The highest BCUT2D eigenvalue weighted by Gasteiger charge is 2.16. The number of hydrogen-bond donors (Lipinski definition) is 1. The molecule has 0 aliphatic carbocycles. The predicted octanol–water partition coefficient (Wildman–Crippen LogP) is 1.04. The fourth-order valence-electron chi connectivity index (χ4n) is 1.65. The summed E-state index contributed by atoms with van der Waals surface area (Å²) in [5.41, 5.74) is 6.45. The molecular formula is C12H13N3O2. The number of aromatic nitrogens is 2. The molecule has 1 aromatic carbocycles. The Bertz CT molecular complexity index is 520. The van der Waals surface area contributed by atoms with Gasteiger partial charge in [-0.3, -0.25) is 9.36 Å². The van der Waals surface area contributed by atoms with Gasteiger partial charge in [0.2, 0.25) is 5.88 Å². The van der Waals surface area contributed by atoms with Crippen LogP contribution in [0.4, 0.5) is 0 Å². The van der Waals surface area contributed by atoms with Gasteiger partial charge in [-0.2, -0.15) is 0 Å². The number of nitrogens with two attached hydrogens (primary N) is 1. The van der Waals surface area contributed by atoms with Crippen LogP contribution in [-0.4, -0.2) is 22.6 Å². The molecule has 2 N–H and O–H groups in total. The first kappa shape index (κ1) is 11.2. The minimum atomic E-state index is -0.589. The van der Waals surface area contributed by atoms with Crippen LogP contribution in [0.1, 0.15) is 16.1 Å². The van der Waals surface area contributed by atoms with E-state index in [2.05, 4.69) is 4.98 Å². The van der Waals surface area contributed by atoms with Gasteiger partial charge in [-0.1, -0.05) is 30.3 Å². The minimum absolute atomic E-state index is 0.156. The second kappa shape index (κ2) is 4.69. The Labute approximate surface area is 98.8 Å². The molecule has 0 spiro atoms. The summed E-state index contributed by atoms with van der Waals surface area (Å²) in [5, 5.41) is 0. The summed E-state index contributed by atoms with van der Waals surface area (Å²) in [6.45, 7) is 0.588. The minimum Gasteiger partial charge on any atom is -0.480 e. The number of rotatable bonds is 4. The van der Waals surface area contributed by atoms with Gasteiger partial charge in [0.05, 0.1) is 20.0 Å². The predicted molar refractivity (Wildman–Crippen MR) is 62.8 cm³/mol. The average Bonchev–Trinajstić information content (AvgIpc) is 2.73. The van der Waals surface area contributed by atoms with Gasteiger partial charge in [-0.25, -0.2) is 4.98 Å². The SMILES string of the molecule is COc1c(C(N)=O)ncn1Cc1ccccc1. The Morgan fingerprint density at radius 1 is 1.41 bits per heavy atom. The van der Waals surface area contributed by atoms with Crippen molar-refractivity contribution in [3.05, 3.63) is 47.9 Å². The number of nitrogens with zero attached hydrogens (tertiary/aromatic N) is 2. The fraction of sp³-hybridized carbons (Fsp3) is 0.167. The molecule has 2 aromatic rings. The third kappa shape index (κ3) is 2.28. The van der Waals surface area contributed by atoms with Crippen molar-refractivity contribution in [1.29, 1.82) is 0 Å². The molecule has 17 heavy (non-hydrogen) atoms. The fourth-order valence-corrected chi connectivity index (χ4v) is 1.65.